The van der Waals surface area contributed by atoms with Gasteiger partial charge in [0, 0.05) is 6.42 Å². The fourth-order valence-electron chi connectivity index (χ4n) is 3.26. The minimum atomic E-state index is -3.17. The summed E-state index contributed by atoms with van der Waals surface area (Å²) >= 11 is 0. The molecule has 5 nitrogen and oxygen atoms in total. The second-order valence-electron chi connectivity index (χ2n) is 7.09. The highest BCUT2D eigenvalue weighted by molar-refractivity contribution is 5.77. The van der Waals surface area contributed by atoms with Crippen molar-refractivity contribution in [3.63, 3.8) is 0 Å². The van der Waals surface area contributed by atoms with Crippen molar-refractivity contribution in [1.29, 1.82) is 0 Å². The van der Waals surface area contributed by atoms with Gasteiger partial charge in [-0.25, -0.2) is 9.98 Å². The van der Waals surface area contributed by atoms with Crippen molar-refractivity contribution < 1.29 is 13.5 Å². The quantitative estimate of drug-likeness (QED) is 0.739. The van der Waals surface area contributed by atoms with Crippen LogP contribution in [0, 0.1) is 6.92 Å². The van der Waals surface area contributed by atoms with Crippen molar-refractivity contribution in [1.82, 2.24) is 9.97 Å². The number of fused-ring (bicyclic) bond motifs is 1. The van der Waals surface area contributed by atoms with Crippen molar-refractivity contribution >= 4 is 17.1 Å². The van der Waals surface area contributed by atoms with E-state index < -0.39 is 18.1 Å². The van der Waals surface area contributed by atoms with E-state index in [-0.39, 0.29) is 6.02 Å². The van der Waals surface area contributed by atoms with Crippen molar-refractivity contribution in [3.05, 3.63) is 65.0 Å². The van der Waals surface area contributed by atoms with E-state index in [1.807, 2.05) is 19.1 Å². The van der Waals surface area contributed by atoms with Crippen molar-refractivity contribution in [2.75, 3.05) is 6.61 Å². The first-order valence-electron chi connectivity index (χ1n) is 8.67. The largest absolute Gasteiger partial charge is 0.459 e. The SMILES string of the molecule is Cc1ccc(Cc2nc3ccc(C4(C)N=C(N)OCC4(F)F)cc3[nH]2)cc1. The van der Waals surface area contributed by atoms with Crippen LogP contribution in [-0.4, -0.2) is 28.5 Å². The van der Waals surface area contributed by atoms with Gasteiger partial charge in [0.25, 0.3) is 6.02 Å². The molecule has 3 aromatic rings. The molecule has 0 saturated heterocycles. The Kier molecular flexibility index (Phi) is 3.91. The first-order valence-corrected chi connectivity index (χ1v) is 8.67. The molecule has 1 unspecified atom stereocenters. The fraction of sp³-hybridized carbons (Fsp3) is 0.300. The maximum Gasteiger partial charge on any atom is 0.310 e. The van der Waals surface area contributed by atoms with E-state index in [4.69, 9.17) is 10.5 Å². The topological polar surface area (TPSA) is 76.3 Å². The molecule has 0 spiro atoms. The Morgan fingerprint density at radius 2 is 1.93 bits per heavy atom. The summed E-state index contributed by atoms with van der Waals surface area (Å²) in [5.74, 6) is -2.40. The number of nitrogens with one attached hydrogen (secondary N) is 1. The Morgan fingerprint density at radius 1 is 1.19 bits per heavy atom. The number of amidine groups is 1. The van der Waals surface area contributed by atoms with Gasteiger partial charge in [0.1, 0.15) is 5.82 Å². The number of alkyl halides is 2. The van der Waals surface area contributed by atoms with Gasteiger partial charge in [-0.2, -0.15) is 8.78 Å². The van der Waals surface area contributed by atoms with E-state index in [2.05, 4.69) is 27.1 Å². The fourth-order valence-corrected chi connectivity index (χ4v) is 3.26. The lowest BCUT2D eigenvalue weighted by atomic mass is 9.85. The monoisotopic (exact) mass is 370 g/mol. The van der Waals surface area contributed by atoms with E-state index in [1.165, 1.54) is 12.5 Å². The average molecular weight is 370 g/mol. The van der Waals surface area contributed by atoms with Gasteiger partial charge in [-0.05, 0) is 37.1 Å². The number of aryl methyl sites for hydroxylation is 1. The number of nitrogens with two attached hydrogens (primary N) is 1. The number of benzene rings is 2. The smallest absolute Gasteiger partial charge is 0.310 e. The molecule has 7 heteroatoms. The zero-order valence-corrected chi connectivity index (χ0v) is 15.1. The van der Waals surface area contributed by atoms with E-state index in [0.717, 1.165) is 16.9 Å². The number of nitrogens with zero attached hydrogens (tertiary/aromatic N) is 2. The first-order chi connectivity index (χ1) is 12.8. The lowest BCUT2D eigenvalue weighted by Gasteiger charge is -2.37. The van der Waals surface area contributed by atoms with Crippen LogP contribution in [0.2, 0.25) is 0 Å². The summed E-state index contributed by atoms with van der Waals surface area (Å²) in [5, 5.41) is 0. The minimum absolute atomic E-state index is 0.229. The number of hydrogen-bond donors (Lipinski definition) is 2. The Bertz CT molecular complexity index is 1030. The number of halogens is 2. The standard InChI is InChI=1S/C20H20F2N4O/c1-12-3-5-13(6-4-12)9-17-24-15-8-7-14(10-16(15)25-17)19(2)20(21,22)11-27-18(23)26-19/h3-8,10H,9,11H2,1-2H3,(H2,23,26)(H,24,25). The summed E-state index contributed by atoms with van der Waals surface area (Å²) in [7, 11) is 0. The molecule has 140 valence electrons. The molecule has 0 radical (unpaired) electrons. The van der Waals surface area contributed by atoms with Crippen LogP contribution < -0.4 is 5.73 Å². The predicted molar refractivity (Wildman–Crippen MR) is 100.0 cm³/mol. The molecule has 1 atom stereocenters. The molecule has 1 aliphatic rings. The zero-order chi connectivity index (χ0) is 19.2. The molecule has 0 aliphatic carbocycles. The third-order valence-electron chi connectivity index (χ3n) is 5.03. The number of ether oxygens (including phenoxy) is 1. The molecule has 27 heavy (non-hydrogen) atoms. The Hall–Kier alpha value is -2.96. The van der Waals surface area contributed by atoms with E-state index in [1.54, 1.807) is 18.2 Å². The van der Waals surface area contributed by atoms with Gasteiger partial charge in [-0.15, -0.1) is 0 Å². The van der Waals surface area contributed by atoms with Gasteiger partial charge in [-0.3, -0.25) is 0 Å². The van der Waals surface area contributed by atoms with Gasteiger partial charge < -0.3 is 15.5 Å². The molecule has 0 fully saturated rings. The van der Waals surface area contributed by atoms with Crippen LogP contribution >= 0.6 is 0 Å². The normalized spacial score (nSPS) is 21.7. The van der Waals surface area contributed by atoms with Gasteiger partial charge in [0.2, 0.25) is 0 Å². The summed E-state index contributed by atoms with van der Waals surface area (Å²) in [4.78, 5) is 11.7. The lowest BCUT2D eigenvalue weighted by molar-refractivity contribution is -0.116. The highest BCUT2D eigenvalue weighted by Crippen LogP contribution is 2.43. The summed E-state index contributed by atoms with van der Waals surface area (Å²) in [5.41, 5.74) is 7.85. The zero-order valence-electron chi connectivity index (χ0n) is 15.1. The molecule has 2 aromatic carbocycles. The summed E-state index contributed by atoms with van der Waals surface area (Å²) < 4.78 is 33.8. The molecule has 0 saturated carbocycles. The summed E-state index contributed by atoms with van der Waals surface area (Å²) in [6.07, 6.45) is 0.636. The minimum Gasteiger partial charge on any atom is -0.459 e. The molecule has 0 bridgehead atoms. The van der Waals surface area contributed by atoms with Crippen LogP contribution in [0.25, 0.3) is 11.0 Å². The van der Waals surface area contributed by atoms with Crippen LogP contribution in [-0.2, 0) is 16.7 Å². The van der Waals surface area contributed by atoms with Crippen LogP contribution in [0.5, 0.6) is 0 Å². The number of H-pyrrole nitrogens is 1. The van der Waals surface area contributed by atoms with E-state index in [9.17, 15) is 8.78 Å². The van der Waals surface area contributed by atoms with Crippen LogP contribution in [0.4, 0.5) is 8.78 Å². The Balaban J connectivity index is 1.70. The Morgan fingerprint density at radius 3 is 2.67 bits per heavy atom. The van der Waals surface area contributed by atoms with Gasteiger partial charge >= 0.3 is 5.92 Å². The predicted octanol–water partition coefficient (Wildman–Crippen LogP) is 3.66. The van der Waals surface area contributed by atoms with Crippen LogP contribution in [0.3, 0.4) is 0 Å². The highest BCUT2D eigenvalue weighted by Gasteiger charge is 2.55. The molecule has 1 aliphatic heterocycles. The maximum atomic E-state index is 14.5. The molecule has 2 heterocycles. The molecule has 4 rings (SSSR count). The number of hydrogen-bond acceptors (Lipinski definition) is 4. The van der Waals surface area contributed by atoms with Crippen LogP contribution in [0.1, 0.15) is 29.4 Å². The van der Waals surface area contributed by atoms with E-state index in [0.29, 0.717) is 17.5 Å². The van der Waals surface area contributed by atoms with Gasteiger partial charge in [0.05, 0.1) is 11.0 Å². The summed E-state index contributed by atoms with van der Waals surface area (Å²) in [6.45, 7) is 2.61. The summed E-state index contributed by atoms with van der Waals surface area (Å²) in [6, 6.07) is 13.0. The van der Waals surface area contributed by atoms with Crippen LogP contribution in [0.15, 0.2) is 47.5 Å². The number of aromatic amines is 1. The van der Waals surface area contributed by atoms with Crippen molar-refractivity contribution in [3.8, 4) is 0 Å². The number of rotatable bonds is 3. The first kappa shape index (κ1) is 17.5. The number of aromatic nitrogens is 2. The Labute approximate surface area is 155 Å². The van der Waals surface area contributed by atoms with Crippen molar-refractivity contribution in [2.24, 2.45) is 10.7 Å². The number of imidazole rings is 1. The number of aliphatic imine (C=N–C) groups is 1. The highest BCUT2D eigenvalue weighted by atomic mass is 19.3. The third-order valence-corrected chi connectivity index (χ3v) is 5.03. The maximum absolute atomic E-state index is 14.5. The molecular formula is C20H20F2N4O. The molecule has 3 N–H and O–H groups in total. The molecule has 0 amide bonds. The average Bonchev–Trinajstić information content (AvgIpc) is 3.02. The third kappa shape index (κ3) is 3.03. The van der Waals surface area contributed by atoms with Gasteiger partial charge in [-0.1, -0.05) is 35.9 Å². The molecular weight excluding hydrogens is 350 g/mol. The lowest BCUT2D eigenvalue weighted by Crippen LogP contribution is -2.50. The second kappa shape index (κ2) is 6.04. The van der Waals surface area contributed by atoms with Crippen molar-refractivity contribution in [2.45, 2.75) is 31.7 Å². The van der Waals surface area contributed by atoms with Gasteiger partial charge in [0.15, 0.2) is 12.1 Å². The van der Waals surface area contributed by atoms with E-state index >= 15 is 0 Å². The molecule has 1 aromatic heterocycles. The second-order valence-corrected chi connectivity index (χ2v) is 7.09.